The maximum absolute atomic E-state index is 5.14. The molecule has 0 spiro atoms. The molecule has 0 aliphatic heterocycles. The van der Waals surface area contributed by atoms with Crippen molar-refractivity contribution < 1.29 is 0 Å². The minimum absolute atomic E-state index is 0.649. The molecule has 5 heteroatoms. The number of hydrogen-bond acceptors (Lipinski definition) is 5. The van der Waals surface area contributed by atoms with E-state index in [0.29, 0.717) is 17.5 Å². The number of fused-ring (bicyclic) bond motifs is 6. The fourth-order valence-corrected chi connectivity index (χ4v) is 10.2. The Morgan fingerprint density at radius 1 is 0.268 bits per heavy atom. The lowest BCUT2D eigenvalue weighted by Gasteiger charge is -2.11. The molecule has 0 N–H and O–H groups in total. The average Bonchev–Trinajstić information content (AvgIpc) is 3.85. The van der Waals surface area contributed by atoms with Gasteiger partial charge in [-0.15, -0.1) is 22.7 Å². The monoisotopic (exact) mass is 749 g/mol. The van der Waals surface area contributed by atoms with Crippen LogP contribution in [0.2, 0.25) is 0 Å². The number of thiophene rings is 2. The van der Waals surface area contributed by atoms with Gasteiger partial charge in [0.1, 0.15) is 0 Å². The molecule has 0 saturated carbocycles. The van der Waals surface area contributed by atoms with Gasteiger partial charge in [-0.25, -0.2) is 15.0 Å². The van der Waals surface area contributed by atoms with E-state index in [-0.39, 0.29) is 0 Å². The van der Waals surface area contributed by atoms with Crippen molar-refractivity contribution in [2.75, 3.05) is 0 Å². The summed E-state index contributed by atoms with van der Waals surface area (Å²) in [5.41, 5.74) is 10.1. The van der Waals surface area contributed by atoms with Crippen LogP contribution in [0, 0.1) is 0 Å². The summed E-state index contributed by atoms with van der Waals surface area (Å²) in [5.74, 6) is 1.95. The summed E-state index contributed by atoms with van der Waals surface area (Å²) >= 11 is 3.70. The van der Waals surface area contributed by atoms with Crippen molar-refractivity contribution in [2.24, 2.45) is 0 Å². The Labute approximate surface area is 331 Å². The summed E-state index contributed by atoms with van der Waals surface area (Å²) in [4.78, 5) is 15.3. The molecule has 3 aromatic heterocycles. The molecule has 3 heterocycles. The highest BCUT2D eigenvalue weighted by Gasteiger charge is 2.19. The van der Waals surface area contributed by atoms with Crippen molar-refractivity contribution in [3.8, 4) is 67.5 Å². The molecule has 0 unspecified atom stereocenters. The van der Waals surface area contributed by atoms with Gasteiger partial charge in [0.2, 0.25) is 0 Å². The highest BCUT2D eigenvalue weighted by Crippen LogP contribution is 2.47. The van der Waals surface area contributed by atoms with Crippen LogP contribution in [0.4, 0.5) is 0 Å². The van der Waals surface area contributed by atoms with E-state index in [1.807, 2.05) is 46.9 Å². The molecule has 0 amide bonds. The molecule has 0 bridgehead atoms. The Bertz CT molecular complexity index is 3240. The smallest absolute Gasteiger partial charge is 0.164 e. The Hall–Kier alpha value is -6.79. The third-order valence-electron chi connectivity index (χ3n) is 10.5. The van der Waals surface area contributed by atoms with Crippen LogP contribution in [0.5, 0.6) is 0 Å². The molecule has 0 radical (unpaired) electrons. The fraction of sp³-hybridized carbons (Fsp3) is 0. The van der Waals surface area contributed by atoms with Gasteiger partial charge in [-0.05, 0) is 69.8 Å². The summed E-state index contributed by atoms with van der Waals surface area (Å²) in [7, 11) is 0. The maximum atomic E-state index is 5.14. The van der Waals surface area contributed by atoms with E-state index in [2.05, 4.69) is 164 Å². The zero-order chi connectivity index (χ0) is 37.0. The van der Waals surface area contributed by atoms with Gasteiger partial charge in [0.15, 0.2) is 17.5 Å². The van der Waals surface area contributed by atoms with Crippen molar-refractivity contribution in [1.29, 1.82) is 0 Å². The van der Waals surface area contributed by atoms with Gasteiger partial charge in [-0.2, -0.15) is 0 Å². The lowest BCUT2D eigenvalue weighted by atomic mass is 9.92. The first kappa shape index (κ1) is 32.6. The van der Waals surface area contributed by atoms with E-state index in [1.54, 1.807) is 0 Å². The molecule has 56 heavy (non-hydrogen) atoms. The lowest BCUT2D eigenvalue weighted by molar-refractivity contribution is 1.07. The molecule has 8 aromatic carbocycles. The van der Waals surface area contributed by atoms with Gasteiger partial charge < -0.3 is 0 Å². The maximum Gasteiger partial charge on any atom is 0.164 e. The molecule has 0 aliphatic rings. The Balaban J connectivity index is 1.09. The zero-order valence-corrected chi connectivity index (χ0v) is 31.7. The van der Waals surface area contributed by atoms with Crippen LogP contribution in [0.3, 0.4) is 0 Å². The highest BCUT2D eigenvalue weighted by atomic mass is 32.1. The fourth-order valence-electron chi connectivity index (χ4n) is 7.87. The van der Waals surface area contributed by atoms with E-state index in [4.69, 9.17) is 15.0 Å². The van der Waals surface area contributed by atoms with Gasteiger partial charge in [-0.3, -0.25) is 0 Å². The van der Waals surface area contributed by atoms with Crippen molar-refractivity contribution in [3.05, 3.63) is 188 Å². The molecule has 11 rings (SSSR count). The van der Waals surface area contributed by atoms with Crippen LogP contribution in [-0.4, -0.2) is 15.0 Å². The number of nitrogens with zero attached hydrogens (tertiary/aromatic N) is 3. The van der Waals surface area contributed by atoms with Gasteiger partial charge in [-0.1, -0.05) is 152 Å². The molecular formula is C51H31N3S2. The Morgan fingerprint density at radius 2 is 0.768 bits per heavy atom. The van der Waals surface area contributed by atoms with Crippen molar-refractivity contribution in [2.45, 2.75) is 0 Å². The van der Waals surface area contributed by atoms with Crippen molar-refractivity contribution in [3.63, 3.8) is 0 Å². The van der Waals surface area contributed by atoms with E-state index >= 15 is 0 Å². The normalized spacial score (nSPS) is 11.6. The van der Waals surface area contributed by atoms with E-state index in [0.717, 1.165) is 27.8 Å². The molecule has 3 nitrogen and oxygen atoms in total. The zero-order valence-electron chi connectivity index (χ0n) is 30.1. The number of rotatable bonds is 6. The first-order valence-corrected chi connectivity index (χ1v) is 20.3. The Kier molecular flexibility index (Phi) is 7.87. The molecule has 0 fully saturated rings. The van der Waals surface area contributed by atoms with Crippen molar-refractivity contribution >= 4 is 63.0 Å². The van der Waals surface area contributed by atoms with Gasteiger partial charge in [0, 0.05) is 57.0 Å². The lowest BCUT2D eigenvalue weighted by Crippen LogP contribution is -2.00. The van der Waals surface area contributed by atoms with Gasteiger partial charge in [0.05, 0.1) is 0 Å². The topological polar surface area (TPSA) is 38.7 Å². The van der Waals surface area contributed by atoms with Crippen LogP contribution in [0.25, 0.3) is 108 Å². The van der Waals surface area contributed by atoms with E-state index in [9.17, 15) is 0 Å². The molecule has 262 valence electrons. The van der Waals surface area contributed by atoms with Crippen LogP contribution in [0.1, 0.15) is 0 Å². The summed E-state index contributed by atoms with van der Waals surface area (Å²) in [5, 5.41) is 5.13. The van der Waals surface area contributed by atoms with Crippen LogP contribution in [0.15, 0.2) is 188 Å². The average molecular weight is 750 g/mol. The van der Waals surface area contributed by atoms with E-state index in [1.165, 1.54) is 62.6 Å². The van der Waals surface area contributed by atoms with Crippen LogP contribution >= 0.6 is 22.7 Å². The Morgan fingerprint density at radius 3 is 1.52 bits per heavy atom. The SMILES string of the molecule is c1ccc(-c2cccc(-c3nc(-c4ccccc4)nc(-c4ccc5c(c4)sc4cccc(-c6cc(-c7ccccc7)cc7sc8ccccc8c67)c45)n3)c2)cc1. The molecule has 0 aliphatic carbocycles. The van der Waals surface area contributed by atoms with Crippen LogP contribution in [-0.2, 0) is 0 Å². The van der Waals surface area contributed by atoms with Gasteiger partial charge in [0.25, 0.3) is 0 Å². The minimum atomic E-state index is 0.649. The minimum Gasteiger partial charge on any atom is -0.208 e. The van der Waals surface area contributed by atoms with Crippen molar-refractivity contribution in [1.82, 2.24) is 15.0 Å². The number of aromatic nitrogens is 3. The summed E-state index contributed by atoms with van der Waals surface area (Å²) in [6.07, 6.45) is 0. The van der Waals surface area contributed by atoms with E-state index < -0.39 is 0 Å². The third kappa shape index (κ3) is 5.68. The quantitative estimate of drug-likeness (QED) is 0.170. The second-order valence-corrected chi connectivity index (χ2v) is 16.1. The standard InChI is InChI=1S/C51H31N3S2/c1-4-14-32(15-5-1)35-20-12-21-36(28-35)50-52-49(34-18-8-3-9-19-34)53-51(54-50)37-26-27-41-45(30-37)56-44-25-13-23-39(47(41)44)42-29-38(33-16-6-2-7-17-33)31-46-48(42)40-22-10-11-24-43(40)55-46/h1-31H. The second kappa shape index (κ2) is 13.5. The molecule has 0 saturated heterocycles. The third-order valence-corrected chi connectivity index (χ3v) is 12.8. The number of hydrogen-bond donors (Lipinski definition) is 0. The first-order chi connectivity index (χ1) is 27.7. The summed E-state index contributed by atoms with van der Waals surface area (Å²) in [6, 6.07) is 66.8. The molecule has 0 atom stereocenters. The second-order valence-electron chi connectivity index (χ2n) is 14.0. The molecular weight excluding hydrogens is 719 g/mol. The van der Waals surface area contributed by atoms with Crippen LogP contribution < -0.4 is 0 Å². The summed E-state index contributed by atoms with van der Waals surface area (Å²) in [6.45, 7) is 0. The molecule has 11 aromatic rings. The summed E-state index contributed by atoms with van der Waals surface area (Å²) < 4.78 is 5.06. The predicted octanol–water partition coefficient (Wildman–Crippen LogP) is 14.6. The first-order valence-electron chi connectivity index (χ1n) is 18.7. The largest absolute Gasteiger partial charge is 0.208 e. The predicted molar refractivity (Wildman–Crippen MR) is 238 cm³/mol. The van der Waals surface area contributed by atoms with Gasteiger partial charge >= 0.3 is 0 Å². The number of benzene rings is 8. The highest BCUT2D eigenvalue weighted by molar-refractivity contribution is 7.26.